The molecule has 1 fully saturated rings. The van der Waals surface area contributed by atoms with Crippen LogP contribution in [0.4, 0.5) is 0 Å². The topological polar surface area (TPSA) is 71.4 Å². The van der Waals surface area contributed by atoms with E-state index in [4.69, 9.17) is 16.3 Å². The minimum atomic E-state index is -0.0327. The fourth-order valence-corrected chi connectivity index (χ4v) is 4.52. The van der Waals surface area contributed by atoms with Crippen LogP contribution in [0, 0.1) is 0 Å². The molecule has 1 saturated heterocycles. The predicted molar refractivity (Wildman–Crippen MR) is 120 cm³/mol. The van der Waals surface area contributed by atoms with Crippen molar-refractivity contribution in [3.8, 4) is 11.6 Å². The third kappa shape index (κ3) is 4.71. The summed E-state index contributed by atoms with van der Waals surface area (Å²) in [5, 5.41) is 10.7. The summed E-state index contributed by atoms with van der Waals surface area (Å²) in [4.78, 5) is 15.2. The summed E-state index contributed by atoms with van der Waals surface area (Å²) >= 11 is 6.36. The third-order valence-corrected chi connectivity index (χ3v) is 6.34. The number of likely N-dealkylation sites (tertiary alicyclic amines) is 1. The highest BCUT2D eigenvalue weighted by Crippen LogP contribution is 2.37. The molecular weight excluding hydrogens is 412 g/mol. The summed E-state index contributed by atoms with van der Waals surface area (Å²) in [6, 6.07) is 9.83. The molecule has 2 unspecified atom stereocenters. The fourth-order valence-electron chi connectivity index (χ4n) is 4.25. The fraction of sp³-hybridized carbons (Fsp3) is 0.375. The summed E-state index contributed by atoms with van der Waals surface area (Å²) in [5.41, 5.74) is 3.91. The summed E-state index contributed by atoms with van der Waals surface area (Å²) in [5.74, 6) is 1.57. The van der Waals surface area contributed by atoms with Crippen molar-refractivity contribution >= 4 is 11.6 Å². The van der Waals surface area contributed by atoms with Crippen LogP contribution in [-0.2, 0) is 13.0 Å². The van der Waals surface area contributed by atoms with Crippen molar-refractivity contribution in [2.45, 2.75) is 45.3 Å². The summed E-state index contributed by atoms with van der Waals surface area (Å²) in [7, 11) is 0. The van der Waals surface area contributed by atoms with Gasteiger partial charge in [0, 0.05) is 24.5 Å². The number of halogens is 1. The number of pyridine rings is 1. The van der Waals surface area contributed by atoms with Gasteiger partial charge in [-0.25, -0.2) is 9.97 Å². The van der Waals surface area contributed by atoms with Crippen molar-refractivity contribution in [3.63, 3.8) is 0 Å². The van der Waals surface area contributed by atoms with E-state index in [1.807, 2.05) is 31.2 Å². The van der Waals surface area contributed by atoms with Gasteiger partial charge in [-0.2, -0.15) is 0 Å². The van der Waals surface area contributed by atoms with E-state index in [2.05, 4.69) is 32.8 Å². The average molecular weight is 439 g/mol. The number of aryl methyl sites for hydroxylation is 1. The summed E-state index contributed by atoms with van der Waals surface area (Å²) < 4.78 is 6.00. The largest absolute Gasteiger partial charge is 0.439 e. The van der Waals surface area contributed by atoms with Gasteiger partial charge in [-0.05, 0) is 67.6 Å². The molecule has 1 aromatic carbocycles. The second kappa shape index (κ2) is 9.73. The molecule has 3 heterocycles. The molecule has 1 aliphatic rings. The lowest BCUT2D eigenvalue weighted by atomic mass is 9.93. The number of nitrogens with zero attached hydrogens (tertiary/aromatic N) is 4. The first-order chi connectivity index (χ1) is 15.1. The minimum Gasteiger partial charge on any atom is -0.439 e. The maximum atomic E-state index is 10.0. The van der Waals surface area contributed by atoms with Crippen molar-refractivity contribution in [2.24, 2.45) is 0 Å². The zero-order valence-corrected chi connectivity index (χ0v) is 18.6. The molecule has 4 rings (SSSR count). The van der Waals surface area contributed by atoms with Crippen LogP contribution in [0.25, 0.3) is 0 Å². The minimum absolute atomic E-state index is 0.0327. The molecule has 0 aliphatic carbocycles. The molecule has 2 aromatic heterocycles. The quantitative estimate of drug-likeness (QED) is 0.564. The molecule has 2 atom stereocenters. The molecular formula is C24H27ClN4O2. The third-order valence-electron chi connectivity index (χ3n) is 6.02. The highest BCUT2D eigenvalue weighted by Gasteiger charge is 2.30. The number of hydrogen-bond acceptors (Lipinski definition) is 6. The van der Waals surface area contributed by atoms with E-state index >= 15 is 0 Å². The standard InChI is InChI=1S/C24H27ClN4O2/c1-3-17-12-26-15-28-24(17)31-20-6-7-21(19(11-20)14-30)18-8-10-29(13-18)16(2)23-22(25)5-4-9-27-23/h4-7,9,11-12,15-16,18,30H,3,8,10,13-14H2,1-2H3. The van der Waals surface area contributed by atoms with E-state index in [1.165, 1.54) is 6.33 Å². The second-order valence-corrected chi connectivity index (χ2v) is 8.26. The van der Waals surface area contributed by atoms with Crippen LogP contribution in [0.3, 0.4) is 0 Å². The lowest BCUT2D eigenvalue weighted by molar-refractivity contribution is 0.254. The Morgan fingerprint density at radius 2 is 2.13 bits per heavy atom. The average Bonchev–Trinajstić information content (AvgIpc) is 3.29. The van der Waals surface area contributed by atoms with Gasteiger partial charge in [0.2, 0.25) is 5.88 Å². The van der Waals surface area contributed by atoms with Gasteiger partial charge < -0.3 is 9.84 Å². The smallest absolute Gasteiger partial charge is 0.225 e. The maximum Gasteiger partial charge on any atom is 0.225 e. The second-order valence-electron chi connectivity index (χ2n) is 7.85. The Bertz CT molecular complexity index is 1050. The number of aromatic nitrogens is 3. The normalized spacial score (nSPS) is 17.6. The van der Waals surface area contributed by atoms with E-state index in [9.17, 15) is 5.11 Å². The van der Waals surface area contributed by atoms with Gasteiger partial charge in [0.15, 0.2) is 0 Å². The van der Waals surface area contributed by atoms with Crippen LogP contribution in [0.5, 0.6) is 11.6 Å². The Morgan fingerprint density at radius 1 is 1.26 bits per heavy atom. The number of benzene rings is 1. The number of ether oxygens (including phenoxy) is 1. The van der Waals surface area contributed by atoms with Crippen molar-refractivity contribution < 1.29 is 9.84 Å². The maximum absolute atomic E-state index is 10.0. The Labute approximate surface area is 187 Å². The van der Waals surface area contributed by atoms with Crippen LogP contribution in [0.2, 0.25) is 5.02 Å². The first-order valence-corrected chi connectivity index (χ1v) is 11.0. The van der Waals surface area contributed by atoms with Gasteiger partial charge in [0.25, 0.3) is 0 Å². The van der Waals surface area contributed by atoms with Crippen LogP contribution in [0.1, 0.15) is 54.6 Å². The number of rotatable bonds is 7. The molecule has 0 spiro atoms. The monoisotopic (exact) mass is 438 g/mol. The van der Waals surface area contributed by atoms with Gasteiger partial charge in [-0.1, -0.05) is 24.6 Å². The van der Waals surface area contributed by atoms with E-state index in [-0.39, 0.29) is 12.6 Å². The highest BCUT2D eigenvalue weighted by molar-refractivity contribution is 6.31. The van der Waals surface area contributed by atoms with Crippen LogP contribution < -0.4 is 4.74 Å². The Balaban J connectivity index is 1.50. The van der Waals surface area contributed by atoms with Gasteiger partial charge in [-0.3, -0.25) is 9.88 Å². The van der Waals surface area contributed by atoms with Gasteiger partial charge >= 0.3 is 0 Å². The van der Waals surface area contributed by atoms with Crippen molar-refractivity contribution in [2.75, 3.05) is 13.1 Å². The van der Waals surface area contributed by atoms with Crippen molar-refractivity contribution in [3.05, 3.63) is 76.5 Å². The number of aliphatic hydroxyl groups excluding tert-OH is 1. The Morgan fingerprint density at radius 3 is 2.90 bits per heavy atom. The van der Waals surface area contributed by atoms with E-state index < -0.39 is 0 Å². The number of aliphatic hydroxyl groups is 1. The van der Waals surface area contributed by atoms with E-state index in [1.54, 1.807) is 12.4 Å². The van der Waals surface area contributed by atoms with Crippen LogP contribution >= 0.6 is 11.6 Å². The Hall–Kier alpha value is -2.54. The first kappa shape index (κ1) is 21.7. The Kier molecular flexibility index (Phi) is 6.80. The predicted octanol–water partition coefficient (Wildman–Crippen LogP) is 4.92. The highest BCUT2D eigenvalue weighted by atomic mass is 35.5. The lowest BCUT2D eigenvalue weighted by Crippen LogP contribution is -2.25. The molecule has 162 valence electrons. The molecule has 3 aromatic rings. The first-order valence-electron chi connectivity index (χ1n) is 10.7. The zero-order chi connectivity index (χ0) is 21.8. The van der Waals surface area contributed by atoms with E-state index in [0.717, 1.165) is 48.3 Å². The van der Waals surface area contributed by atoms with Gasteiger partial charge in [-0.15, -0.1) is 0 Å². The molecule has 0 radical (unpaired) electrons. The van der Waals surface area contributed by atoms with Gasteiger partial charge in [0.05, 0.1) is 23.4 Å². The van der Waals surface area contributed by atoms with Gasteiger partial charge in [0.1, 0.15) is 12.1 Å². The molecule has 31 heavy (non-hydrogen) atoms. The molecule has 1 aliphatic heterocycles. The molecule has 0 bridgehead atoms. The summed E-state index contributed by atoms with van der Waals surface area (Å²) in [6.07, 6.45) is 6.85. The molecule has 7 heteroatoms. The van der Waals surface area contributed by atoms with Crippen LogP contribution in [-0.4, -0.2) is 38.0 Å². The van der Waals surface area contributed by atoms with Crippen LogP contribution in [0.15, 0.2) is 49.1 Å². The SMILES string of the molecule is CCc1cncnc1Oc1ccc(C2CCN(C(C)c3ncccc3Cl)C2)c(CO)c1. The number of hydrogen-bond donors (Lipinski definition) is 1. The zero-order valence-electron chi connectivity index (χ0n) is 17.8. The molecule has 6 nitrogen and oxygen atoms in total. The van der Waals surface area contributed by atoms with E-state index in [0.29, 0.717) is 22.6 Å². The molecule has 1 N–H and O–H groups in total. The molecule has 0 saturated carbocycles. The lowest BCUT2D eigenvalue weighted by Gasteiger charge is -2.25. The van der Waals surface area contributed by atoms with Crippen molar-refractivity contribution in [1.82, 2.24) is 19.9 Å². The summed E-state index contributed by atoms with van der Waals surface area (Å²) in [6.45, 7) is 6.01. The van der Waals surface area contributed by atoms with Crippen molar-refractivity contribution in [1.29, 1.82) is 0 Å². The molecule has 0 amide bonds.